The van der Waals surface area contributed by atoms with Crippen LogP contribution >= 0.6 is 0 Å². The predicted molar refractivity (Wildman–Crippen MR) is 93.8 cm³/mol. The van der Waals surface area contributed by atoms with Crippen LogP contribution in [0.5, 0.6) is 0 Å². The molecule has 2 aromatic rings. The molecule has 0 aliphatic carbocycles. The molecule has 1 aromatic heterocycles. The summed E-state index contributed by atoms with van der Waals surface area (Å²) >= 11 is 0. The molecule has 9 N–H and O–H groups in total. The Morgan fingerprint density at radius 1 is 1.25 bits per heavy atom. The summed E-state index contributed by atoms with van der Waals surface area (Å²) in [5.41, 5.74) is 24.8. The number of aliphatic imine (C=N–C) groups is 1. The molecule has 24 heavy (non-hydrogen) atoms. The van der Waals surface area contributed by atoms with Crippen LogP contribution in [-0.2, 0) is 4.79 Å². The molecular formula is C16H18N6O2. The highest BCUT2D eigenvalue weighted by Gasteiger charge is 2.19. The summed E-state index contributed by atoms with van der Waals surface area (Å²) in [6.45, 7) is 1.78. The number of amides is 1. The third-order valence-corrected chi connectivity index (χ3v) is 3.39. The Bertz CT molecular complexity index is 850. The third-order valence-electron chi connectivity index (χ3n) is 3.39. The number of hydrogen-bond donors (Lipinski definition) is 5. The number of furan rings is 1. The third kappa shape index (κ3) is 3.12. The van der Waals surface area contributed by atoms with E-state index in [9.17, 15) is 4.79 Å². The Morgan fingerprint density at radius 2 is 1.96 bits per heavy atom. The molecule has 0 spiro atoms. The Labute approximate surface area is 138 Å². The first-order chi connectivity index (χ1) is 11.4. The Hall–Kier alpha value is -3.55. The smallest absolute Gasteiger partial charge is 0.254 e. The zero-order valence-electron chi connectivity index (χ0n) is 13.0. The lowest BCUT2D eigenvalue weighted by molar-refractivity contribution is -0.114. The maximum atomic E-state index is 11.8. The SMILES string of the molecule is Cc1ccc(N)c(C=N)c1N=C(N)/C(C(N)=O)=C(\N)c1ccco1. The molecule has 0 aliphatic heterocycles. The predicted octanol–water partition coefficient (Wildman–Crippen LogP) is 1.01. The minimum atomic E-state index is -0.844. The van der Waals surface area contributed by atoms with E-state index in [4.69, 9.17) is 32.8 Å². The number of nitrogens with one attached hydrogen (secondary N) is 1. The average molecular weight is 326 g/mol. The van der Waals surface area contributed by atoms with Crippen molar-refractivity contribution in [1.29, 1.82) is 5.41 Å². The number of rotatable bonds is 5. The van der Waals surface area contributed by atoms with Crippen molar-refractivity contribution in [2.45, 2.75) is 6.92 Å². The molecule has 0 aliphatic rings. The van der Waals surface area contributed by atoms with Gasteiger partial charge in [0.1, 0.15) is 17.2 Å². The zero-order chi connectivity index (χ0) is 17.9. The van der Waals surface area contributed by atoms with Crippen LogP contribution in [0.1, 0.15) is 16.9 Å². The fourth-order valence-corrected chi connectivity index (χ4v) is 2.16. The van der Waals surface area contributed by atoms with Gasteiger partial charge in [-0.15, -0.1) is 0 Å². The van der Waals surface area contributed by atoms with Gasteiger partial charge in [-0.3, -0.25) is 4.79 Å². The van der Waals surface area contributed by atoms with Gasteiger partial charge in [0.25, 0.3) is 5.91 Å². The monoisotopic (exact) mass is 326 g/mol. The van der Waals surface area contributed by atoms with Gasteiger partial charge in [0, 0.05) is 17.5 Å². The summed E-state index contributed by atoms with van der Waals surface area (Å²) in [6.07, 6.45) is 2.47. The Morgan fingerprint density at radius 3 is 2.50 bits per heavy atom. The van der Waals surface area contributed by atoms with Gasteiger partial charge in [-0.25, -0.2) is 4.99 Å². The lowest BCUT2D eigenvalue weighted by Gasteiger charge is -2.11. The highest BCUT2D eigenvalue weighted by Crippen LogP contribution is 2.28. The number of nitrogens with zero attached hydrogens (tertiary/aromatic N) is 1. The van der Waals surface area contributed by atoms with Crippen LogP contribution in [0.25, 0.3) is 5.70 Å². The van der Waals surface area contributed by atoms with E-state index in [0.29, 0.717) is 16.9 Å². The number of nitrogen functional groups attached to an aromatic ring is 1. The van der Waals surface area contributed by atoms with E-state index < -0.39 is 5.91 Å². The number of benzene rings is 1. The van der Waals surface area contributed by atoms with E-state index in [1.54, 1.807) is 31.2 Å². The van der Waals surface area contributed by atoms with Gasteiger partial charge < -0.3 is 32.8 Å². The average Bonchev–Trinajstić information content (AvgIpc) is 3.05. The van der Waals surface area contributed by atoms with E-state index in [-0.39, 0.29) is 22.9 Å². The normalized spacial score (nSPS) is 12.6. The van der Waals surface area contributed by atoms with Gasteiger partial charge in [0.05, 0.1) is 17.6 Å². The highest BCUT2D eigenvalue weighted by molar-refractivity contribution is 6.25. The molecule has 0 bridgehead atoms. The fourth-order valence-electron chi connectivity index (χ4n) is 2.16. The Balaban J connectivity index is 2.65. The van der Waals surface area contributed by atoms with Gasteiger partial charge >= 0.3 is 0 Å². The molecule has 1 aromatic carbocycles. The molecule has 2 rings (SSSR count). The molecule has 8 nitrogen and oxygen atoms in total. The van der Waals surface area contributed by atoms with E-state index in [1.165, 1.54) is 6.26 Å². The lowest BCUT2D eigenvalue weighted by atomic mass is 10.1. The maximum absolute atomic E-state index is 11.8. The summed E-state index contributed by atoms with van der Waals surface area (Å²) in [5.74, 6) is -0.783. The van der Waals surface area contributed by atoms with Crippen LogP contribution in [-0.4, -0.2) is 18.0 Å². The van der Waals surface area contributed by atoms with Gasteiger partial charge in [-0.05, 0) is 30.7 Å². The zero-order valence-corrected chi connectivity index (χ0v) is 13.0. The standard InChI is InChI=1S/C16H18N6O2/c1-8-4-5-10(18)9(7-17)14(8)22-15(20)12(16(21)23)13(19)11-3-2-6-24-11/h2-7,17H,18-19H2,1H3,(H2,20,22)(H2,21,23)/b13-12+,17-7?. The minimum Gasteiger partial charge on any atom is -0.463 e. The van der Waals surface area contributed by atoms with Gasteiger partial charge in [0.15, 0.2) is 0 Å². The number of amidine groups is 1. The largest absolute Gasteiger partial charge is 0.463 e. The van der Waals surface area contributed by atoms with Crippen molar-refractivity contribution in [3.63, 3.8) is 0 Å². The van der Waals surface area contributed by atoms with E-state index in [2.05, 4.69) is 4.99 Å². The summed E-state index contributed by atoms with van der Waals surface area (Å²) in [7, 11) is 0. The van der Waals surface area contributed by atoms with E-state index >= 15 is 0 Å². The van der Waals surface area contributed by atoms with Gasteiger partial charge in [0.2, 0.25) is 0 Å². The van der Waals surface area contributed by atoms with Crippen molar-refractivity contribution in [2.75, 3.05) is 5.73 Å². The first-order valence-electron chi connectivity index (χ1n) is 6.94. The molecule has 8 heteroatoms. The summed E-state index contributed by atoms with van der Waals surface area (Å²) < 4.78 is 5.16. The Kier molecular flexibility index (Phi) is 4.69. The number of anilines is 1. The summed E-state index contributed by atoms with van der Waals surface area (Å²) in [4.78, 5) is 16.0. The van der Waals surface area contributed by atoms with Crippen molar-refractivity contribution >= 4 is 35.0 Å². The van der Waals surface area contributed by atoms with Crippen LogP contribution in [0.15, 0.2) is 45.5 Å². The quantitative estimate of drug-likeness (QED) is 0.238. The summed E-state index contributed by atoms with van der Waals surface area (Å²) in [6, 6.07) is 6.58. The molecule has 0 atom stereocenters. The first kappa shape index (κ1) is 16.8. The van der Waals surface area contributed by atoms with Crippen molar-refractivity contribution in [2.24, 2.45) is 22.2 Å². The van der Waals surface area contributed by atoms with Crippen molar-refractivity contribution in [3.8, 4) is 0 Å². The topological polar surface area (TPSA) is 170 Å². The number of hydrogen-bond acceptors (Lipinski definition) is 6. The van der Waals surface area contributed by atoms with Crippen molar-refractivity contribution in [1.82, 2.24) is 0 Å². The van der Waals surface area contributed by atoms with Crippen molar-refractivity contribution < 1.29 is 9.21 Å². The minimum absolute atomic E-state index is 0.0216. The van der Waals surface area contributed by atoms with E-state index in [0.717, 1.165) is 11.8 Å². The molecule has 0 fully saturated rings. The van der Waals surface area contributed by atoms with Crippen LogP contribution in [0.2, 0.25) is 0 Å². The van der Waals surface area contributed by atoms with E-state index in [1.807, 2.05) is 0 Å². The lowest BCUT2D eigenvalue weighted by Crippen LogP contribution is -2.29. The number of carbonyl (C=O) groups is 1. The second kappa shape index (κ2) is 6.69. The molecule has 124 valence electrons. The molecule has 0 radical (unpaired) electrons. The number of primary amides is 1. The van der Waals surface area contributed by atoms with Gasteiger partial charge in [-0.1, -0.05) is 6.07 Å². The molecule has 1 heterocycles. The molecular weight excluding hydrogens is 308 g/mol. The number of aryl methyl sites for hydroxylation is 1. The van der Waals surface area contributed by atoms with Gasteiger partial charge in [-0.2, -0.15) is 0 Å². The van der Waals surface area contributed by atoms with Crippen LogP contribution in [0, 0.1) is 12.3 Å². The second-order valence-corrected chi connectivity index (χ2v) is 5.01. The van der Waals surface area contributed by atoms with Crippen LogP contribution in [0.4, 0.5) is 11.4 Å². The second-order valence-electron chi connectivity index (χ2n) is 5.01. The molecule has 0 unspecified atom stereocenters. The maximum Gasteiger partial charge on any atom is 0.254 e. The first-order valence-corrected chi connectivity index (χ1v) is 6.94. The summed E-state index contributed by atoms with van der Waals surface area (Å²) in [5, 5.41) is 7.50. The number of carbonyl (C=O) groups excluding carboxylic acids is 1. The molecule has 1 amide bonds. The van der Waals surface area contributed by atoms with Crippen LogP contribution in [0.3, 0.4) is 0 Å². The molecule has 0 saturated heterocycles. The highest BCUT2D eigenvalue weighted by atomic mass is 16.3. The number of nitrogens with two attached hydrogens (primary N) is 4. The van der Waals surface area contributed by atoms with Crippen molar-refractivity contribution in [3.05, 3.63) is 53.0 Å². The molecule has 0 saturated carbocycles. The van der Waals surface area contributed by atoms with Crippen LogP contribution < -0.4 is 22.9 Å². The fraction of sp³-hybridized carbons (Fsp3) is 0.0625.